The van der Waals surface area contributed by atoms with Gasteiger partial charge in [0.2, 0.25) is 0 Å². The summed E-state index contributed by atoms with van der Waals surface area (Å²) in [6.45, 7) is 4.80. The maximum atomic E-state index is 13.3. The second-order valence-electron chi connectivity index (χ2n) is 7.60. The number of nitrogens with zero attached hydrogens (tertiary/aromatic N) is 2. The molecule has 1 amide bonds. The van der Waals surface area contributed by atoms with Gasteiger partial charge in [-0.2, -0.15) is 0 Å². The number of fused-ring (bicyclic) bond motifs is 1. The van der Waals surface area contributed by atoms with Gasteiger partial charge in [-0.15, -0.1) is 0 Å². The largest absolute Gasteiger partial charge is 0.361 e. The van der Waals surface area contributed by atoms with Crippen LogP contribution in [0.4, 0.5) is 0 Å². The van der Waals surface area contributed by atoms with Gasteiger partial charge in [0.15, 0.2) is 5.78 Å². The Morgan fingerprint density at radius 2 is 2.00 bits per heavy atom. The molecule has 2 aromatic rings. The average Bonchev–Trinajstić information content (AvgIpc) is 2.97. The summed E-state index contributed by atoms with van der Waals surface area (Å²) in [5, 5.41) is 0. The molecule has 0 spiro atoms. The maximum absolute atomic E-state index is 13.3. The minimum Gasteiger partial charge on any atom is -0.361 e. The second kappa shape index (κ2) is 6.79. The van der Waals surface area contributed by atoms with E-state index in [-0.39, 0.29) is 23.2 Å². The molecule has 1 aliphatic heterocycles. The van der Waals surface area contributed by atoms with E-state index in [0.29, 0.717) is 36.5 Å². The third-order valence-electron chi connectivity index (χ3n) is 5.60. The zero-order valence-corrected chi connectivity index (χ0v) is 15.7. The third-order valence-corrected chi connectivity index (χ3v) is 5.60. The molecule has 1 aliphatic carbocycles. The summed E-state index contributed by atoms with van der Waals surface area (Å²) in [4.78, 5) is 49.7. The highest BCUT2D eigenvalue weighted by Crippen LogP contribution is 2.31. The first kappa shape index (κ1) is 17.7. The van der Waals surface area contributed by atoms with Crippen LogP contribution in [-0.4, -0.2) is 44.6 Å². The summed E-state index contributed by atoms with van der Waals surface area (Å²) >= 11 is 0. The molecule has 0 bridgehead atoms. The molecule has 0 saturated carbocycles. The molecule has 2 aromatic heterocycles. The molecular weight excluding hydrogens is 344 g/mol. The molecule has 142 valence electrons. The minimum absolute atomic E-state index is 0.0366. The summed E-state index contributed by atoms with van der Waals surface area (Å²) in [7, 11) is 0. The summed E-state index contributed by atoms with van der Waals surface area (Å²) < 4.78 is 0. The van der Waals surface area contributed by atoms with E-state index >= 15 is 0 Å². The number of Topliss-reactive ketones (excluding diaryl/α,β-unsaturated/α-hetero) is 1. The number of H-pyrrole nitrogens is 2. The lowest BCUT2D eigenvalue weighted by Crippen LogP contribution is -2.40. The van der Waals surface area contributed by atoms with Gasteiger partial charge in [-0.25, -0.2) is 4.98 Å². The van der Waals surface area contributed by atoms with Crippen LogP contribution in [0.25, 0.3) is 0 Å². The highest BCUT2D eigenvalue weighted by atomic mass is 16.2. The number of rotatable bonds is 2. The summed E-state index contributed by atoms with van der Waals surface area (Å²) in [6.07, 6.45) is 3.89. The monoisotopic (exact) mass is 368 g/mol. The number of hydrogen-bond acceptors (Lipinski definition) is 4. The average molecular weight is 368 g/mol. The lowest BCUT2D eigenvalue weighted by molar-refractivity contribution is 0.0700. The van der Waals surface area contributed by atoms with E-state index in [1.165, 1.54) is 6.07 Å². The number of nitrogens with one attached hydrogen (secondary N) is 2. The van der Waals surface area contributed by atoms with Gasteiger partial charge in [0.1, 0.15) is 5.82 Å². The van der Waals surface area contributed by atoms with Crippen molar-refractivity contribution >= 4 is 11.7 Å². The number of hydrogen-bond donors (Lipinski definition) is 2. The molecule has 7 nitrogen and oxygen atoms in total. The number of piperidine rings is 1. The van der Waals surface area contributed by atoms with Gasteiger partial charge >= 0.3 is 0 Å². The van der Waals surface area contributed by atoms with Gasteiger partial charge in [-0.1, -0.05) is 0 Å². The normalized spacial score (nSPS) is 19.9. The van der Waals surface area contributed by atoms with Crippen molar-refractivity contribution in [3.8, 4) is 0 Å². The van der Waals surface area contributed by atoms with Crippen molar-refractivity contribution in [1.82, 2.24) is 19.9 Å². The van der Waals surface area contributed by atoms with E-state index in [9.17, 15) is 14.4 Å². The Kier molecular flexibility index (Phi) is 4.45. The van der Waals surface area contributed by atoms with Crippen molar-refractivity contribution < 1.29 is 9.59 Å². The molecule has 0 unspecified atom stereocenters. The molecule has 2 aliphatic rings. The lowest BCUT2D eigenvalue weighted by Gasteiger charge is -2.33. The first-order valence-electron chi connectivity index (χ1n) is 9.56. The van der Waals surface area contributed by atoms with E-state index in [2.05, 4.69) is 15.0 Å². The number of aryl methyl sites for hydroxylation is 3. The summed E-state index contributed by atoms with van der Waals surface area (Å²) in [6, 6.07) is 1.53. The molecular formula is C20H24N4O3. The van der Waals surface area contributed by atoms with Crippen LogP contribution in [0.3, 0.4) is 0 Å². The first-order valence-corrected chi connectivity index (χ1v) is 9.56. The van der Waals surface area contributed by atoms with Crippen molar-refractivity contribution in [2.24, 2.45) is 0 Å². The van der Waals surface area contributed by atoms with Gasteiger partial charge < -0.3 is 14.9 Å². The zero-order chi connectivity index (χ0) is 19.1. The number of aromatic amines is 2. The molecule has 27 heavy (non-hydrogen) atoms. The van der Waals surface area contributed by atoms with E-state index < -0.39 is 0 Å². The van der Waals surface area contributed by atoms with Crippen LogP contribution in [-0.2, 0) is 6.42 Å². The van der Waals surface area contributed by atoms with E-state index in [4.69, 9.17) is 0 Å². The smallest absolute Gasteiger partial charge is 0.256 e. The summed E-state index contributed by atoms with van der Waals surface area (Å²) in [5.74, 6) is 0.590. The quantitative estimate of drug-likeness (QED) is 0.849. The fourth-order valence-electron chi connectivity index (χ4n) is 4.38. The first-order chi connectivity index (χ1) is 12.9. The van der Waals surface area contributed by atoms with Crippen LogP contribution in [0.15, 0.2) is 10.9 Å². The number of carbonyl (C=O) groups is 2. The van der Waals surface area contributed by atoms with Gasteiger partial charge in [-0.3, -0.25) is 14.4 Å². The fourth-order valence-corrected chi connectivity index (χ4v) is 4.38. The molecule has 7 heteroatoms. The molecule has 1 fully saturated rings. The Hall–Kier alpha value is -2.70. The predicted octanol–water partition coefficient (Wildman–Crippen LogP) is 2.25. The van der Waals surface area contributed by atoms with Gasteiger partial charge in [0, 0.05) is 42.9 Å². The number of aromatic nitrogens is 3. The number of carbonyl (C=O) groups excluding carboxylic acids is 2. The van der Waals surface area contributed by atoms with Gasteiger partial charge in [0.05, 0.1) is 16.8 Å². The molecule has 0 aromatic carbocycles. The van der Waals surface area contributed by atoms with Crippen LogP contribution in [0.1, 0.15) is 75.2 Å². The lowest BCUT2D eigenvalue weighted by atomic mass is 9.91. The van der Waals surface area contributed by atoms with Gasteiger partial charge in [-0.05, 0) is 39.5 Å². The van der Waals surface area contributed by atoms with Crippen LogP contribution in [0.2, 0.25) is 0 Å². The van der Waals surface area contributed by atoms with Crippen molar-refractivity contribution in [2.45, 2.75) is 51.9 Å². The molecule has 1 atom stereocenters. The number of likely N-dealkylation sites (tertiary alicyclic amines) is 1. The van der Waals surface area contributed by atoms with Crippen molar-refractivity contribution in [2.75, 3.05) is 13.1 Å². The molecule has 4 rings (SSSR count). The van der Waals surface area contributed by atoms with Crippen LogP contribution < -0.4 is 5.56 Å². The maximum Gasteiger partial charge on any atom is 0.256 e. The Balaban J connectivity index is 1.62. The van der Waals surface area contributed by atoms with Crippen LogP contribution >= 0.6 is 0 Å². The van der Waals surface area contributed by atoms with E-state index in [1.807, 2.05) is 11.8 Å². The zero-order valence-electron chi connectivity index (χ0n) is 15.7. The van der Waals surface area contributed by atoms with Gasteiger partial charge in [0.25, 0.3) is 11.5 Å². The SMILES string of the molecule is Cc1nc([C@H]2CCCN(C(=O)c3c(C)[nH]c4c3C(=O)CCC4)C2)cc(=O)[nH]1. The number of ketones is 1. The van der Waals surface area contributed by atoms with Crippen LogP contribution in [0.5, 0.6) is 0 Å². The van der Waals surface area contributed by atoms with E-state index in [1.54, 1.807) is 6.92 Å². The van der Waals surface area contributed by atoms with Crippen molar-refractivity contribution in [3.05, 3.63) is 50.5 Å². The van der Waals surface area contributed by atoms with Crippen molar-refractivity contribution in [1.29, 1.82) is 0 Å². The third kappa shape index (κ3) is 3.22. The Morgan fingerprint density at radius 3 is 2.78 bits per heavy atom. The van der Waals surface area contributed by atoms with E-state index in [0.717, 1.165) is 42.8 Å². The molecule has 0 radical (unpaired) electrons. The van der Waals surface area contributed by atoms with Crippen LogP contribution in [0, 0.1) is 13.8 Å². The highest BCUT2D eigenvalue weighted by molar-refractivity contribution is 6.10. The number of amides is 1. The Bertz CT molecular complexity index is 972. The topological polar surface area (TPSA) is 98.9 Å². The highest BCUT2D eigenvalue weighted by Gasteiger charge is 2.33. The Labute approximate surface area is 157 Å². The summed E-state index contributed by atoms with van der Waals surface area (Å²) in [5.41, 5.74) is 3.36. The van der Waals surface area contributed by atoms with Crippen molar-refractivity contribution in [3.63, 3.8) is 0 Å². The predicted molar refractivity (Wildman–Crippen MR) is 100 cm³/mol. The standard InChI is InChI=1S/C20H24N4O3/c1-11-18(19-14(21-11)6-3-7-16(19)25)20(27)24-8-4-5-13(10-24)15-9-17(26)23-12(2)22-15/h9,13,21H,3-8,10H2,1-2H3,(H,22,23,26)/t13-/m0/s1. The molecule has 3 heterocycles. The molecule has 2 N–H and O–H groups in total. The fraction of sp³-hybridized carbons (Fsp3) is 0.500. The Morgan fingerprint density at radius 1 is 1.19 bits per heavy atom. The second-order valence-corrected chi connectivity index (χ2v) is 7.60. The minimum atomic E-state index is -0.165. The molecule has 1 saturated heterocycles.